The van der Waals surface area contributed by atoms with Gasteiger partial charge in [-0.05, 0) is 50.6 Å². The van der Waals surface area contributed by atoms with Crippen molar-refractivity contribution < 1.29 is 19.2 Å². The van der Waals surface area contributed by atoms with E-state index < -0.39 is 16.7 Å². The van der Waals surface area contributed by atoms with E-state index in [-0.39, 0.29) is 36.2 Å². The highest BCUT2D eigenvalue weighted by atomic mass is 16.6. The fourth-order valence-electron chi connectivity index (χ4n) is 3.07. The number of carbonyl (C=O) groups is 2. The summed E-state index contributed by atoms with van der Waals surface area (Å²) in [5, 5.41) is 14.0. The molecule has 0 bridgehead atoms. The van der Waals surface area contributed by atoms with E-state index in [1.807, 2.05) is 45.0 Å². The lowest BCUT2D eigenvalue weighted by Gasteiger charge is -2.16. The molecule has 0 saturated carbocycles. The van der Waals surface area contributed by atoms with E-state index in [0.29, 0.717) is 11.3 Å². The zero-order valence-corrected chi connectivity index (χ0v) is 17.0. The summed E-state index contributed by atoms with van der Waals surface area (Å²) in [5.41, 5.74) is 2.39. The van der Waals surface area contributed by atoms with Gasteiger partial charge >= 0.3 is 0 Å². The molecule has 2 aromatic rings. The number of aryl methyl sites for hydroxylation is 1. The molecule has 1 N–H and O–H groups in total. The molecule has 1 aliphatic rings. The molecule has 0 spiro atoms. The number of hydrogen-bond acceptors (Lipinski definition) is 6. The quantitative estimate of drug-likeness (QED) is 0.407. The average Bonchev–Trinajstić information content (AvgIpc) is 2.93. The number of benzene rings is 2. The van der Waals surface area contributed by atoms with Gasteiger partial charge in [-0.1, -0.05) is 17.7 Å². The molecular formula is C22H23N3O5. The van der Waals surface area contributed by atoms with E-state index in [9.17, 15) is 19.7 Å². The number of carbonyl (C=O) groups excluding carboxylic acids is 2. The van der Waals surface area contributed by atoms with Gasteiger partial charge in [-0.15, -0.1) is 0 Å². The van der Waals surface area contributed by atoms with Gasteiger partial charge in [0.2, 0.25) is 0 Å². The van der Waals surface area contributed by atoms with Crippen LogP contribution in [0.1, 0.15) is 25.0 Å². The lowest BCUT2D eigenvalue weighted by Crippen LogP contribution is -2.35. The van der Waals surface area contributed by atoms with Crippen LogP contribution in [0.15, 0.2) is 54.2 Å². The molecule has 0 atom stereocenters. The van der Waals surface area contributed by atoms with Crippen molar-refractivity contribution in [2.24, 2.45) is 0 Å². The number of nitro groups is 1. The third-order valence-corrected chi connectivity index (χ3v) is 4.62. The summed E-state index contributed by atoms with van der Waals surface area (Å²) in [4.78, 5) is 37.7. The van der Waals surface area contributed by atoms with Gasteiger partial charge in [0, 0.05) is 17.8 Å². The predicted molar refractivity (Wildman–Crippen MR) is 113 cm³/mol. The van der Waals surface area contributed by atoms with Crippen LogP contribution in [0.5, 0.6) is 0 Å². The van der Waals surface area contributed by atoms with Gasteiger partial charge in [0.1, 0.15) is 5.70 Å². The Morgan fingerprint density at radius 1 is 1.03 bits per heavy atom. The monoisotopic (exact) mass is 409 g/mol. The zero-order chi connectivity index (χ0) is 21.8. The Morgan fingerprint density at radius 2 is 1.67 bits per heavy atom. The van der Waals surface area contributed by atoms with Gasteiger partial charge in [-0.3, -0.25) is 24.6 Å². The summed E-state index contributed by atoms with van der Waals surface area (Å²) < 4.78 is 5.49. The Labute approximate surface area is 174 Å². The first-order chi connectivity index (χ1) is 14.3. The summed E-state index contributed by atoms with van der Waals surface area (Å²) in [6, 6.07) is 13.0. The Morgan fingerprint density at radius 3 is 2.23 bits per heavy atom. The molecule has 0 saturated heterocycles. The molecule has 8 heteroatoms. The molecule has 1 heterocycles. The first-order valence-corrected chi connectivity index (χ1v) is 9.58. The second-order valence-electron chi connectivity index (χ2n) is 7.23. The van der Waals surface area contributed by atoms with Crippen LogP contribution in [0.25, 0.3) is 5.57 Å². The Hall–Kier alpha value is -3.52. The molecule has 2 aromatic carbocycles. The second-order valence-corrected chi connectivity index (χ2v) is 7.23. The van der Waals surface area contributed by atoms with Crippen LogP contribution in [-0.4, -0.2) is 40.9 Å². The van der Waals surface area contributed by atoms with Crippen LogP contribution >= 0.6 is 0 Å². The number of rotatable bonds is 8. The number of anilines is 1. The van der Waals surface area contributed by atoms with Crippen LogP contribution in [0.4, 0.5) is 11.4 Å². The number of nitro benzene ring substituents is 1. The minimum atomic E-state index is -0.513. The number of non-ortho nitro benzene ring substituents is 1. The highest BCUT2D eigenvalue weighted by molar-refractivity contribution is 6.36. The summed E-state index contributed by atoms with van der Waals surface area (Å²) in [6.45, 7) is 6.04. The molecule has 1 aliphatic heterocycles. The van der Waals surface area contributed by atoms with E-state index in [4.69, 9.17) is 4.74 Å². The highest BCUT2D eigenvalue weighted by Crippen LogP contribution is 2.31. The van der Waals surface area contributed by atoms with Crippen molar-refractivity contribution >= 4 is 28.8 Å². The minimum Gasteiger partial charge on any atom is -0.377 e. The maximum atomic E-state index is 13.1. The van der Waals surface area contributed by atoms with E-state index in [1.54, 1.807) is 0 Å². The number of nitrogens with zero attached hydrogens (tertiary/aromatic N) is 2. The zero-order valence-electron chi connectivity index (χ0n) is 17.0. The molecule has 3 rings (SSSR count). The average molecular weight is 409 g/mol. The number of nitrogens with one attached hydrogen (secondary N) is 1. The number of hydrogen-bond donors (Lipinski definition) is 1. The fourth-order valence-corrected chi connectivity index (χ4v) is 3.07. The van der Waals surface area contributed by atoms with E-state index >= 15 is 0 Å². The van der Waals surface area contributed by atoms with E-state index in [1.165, 1.54) is 24.3 Å². The lowest BCUT2D eigenvalue weighted by atomic mass is 10.0. The third kappa shape index (κ3) is 4.55. The van der Waals surface area contributed by atoms with Crippen molar-refractivity contribution in [3.63, 3.8) is 0 Å². The van der Waals surface area contributed by atoms with Gasteiger partial charge in [0.05, 0.1) is 29.8 Å². The number of ether oxygens (including phenoxy) is 1. The van der Waals surface area contributed by atoms with Crippen LogP contribution in [-0.2, 0) is 14.3 Å². The van der Waals surface area contributed by atoms with Gasteiger partial charge in [0.25, 0.3) is 17.5 Å². The summed E-state index contributed by atoms with van der Waals surface area (Å²) in [6.07, 6.45) is -0.0231. The Balaban J connectivity index is 1.96. The second kappa shape index (κ2) is 8.87. The molecular weight excluding hydrogens is 386 g/mol. The minimum absolute atomic E-state index is 0.0231. The molecule has 0 radical (unpaired) electrons. The van der Waals surface area contributed by atoms with Crippen molar-refractivity contribution in [1.29, 1.82) is 0 Å². The highest BCUT2D eigenvalue weighted by Gasteiger charge is 2.39. The largest absolute Gasteiger partial charge is 0.377 e. The number of amides is 2. The molecule has 0 aromatic heterocycles. The molecule has 2 amide bonds. The first kappa shape index (κ1) is 21.2. The molecule has 0 unspecified atom stereocenters. The van der Waals surface area contributed by atoms with Crippen molar-refractivity contribution in [1.82, 2.24) is 4.90 Å². The summed E-state index contributed by atoms with van der Waals surface area (Å²) >= 11 is 0. The smallest absolute Gasteiger partial charge is 0.278 e. The lowest BCUT2D eigenvalue weighted by molar-refractivity contribution is -0.384. The molecule has 156 valence electrons. The van der Waals surface area contributed by atoms with Crippen molar-refractivity contribution in [2.45, 2.75) is 26.9 Å². The maximum absolute atomic E-state index is 13.1. The maximum Gasteiger partial charge on any atom is 0.278 e. The van der Waals surface area contributed by atoms with Crippen LogP contribution < -0.4 is 5.32 Å². The predicted octanol–water partition coefficient (Wildman–Crippen LogP) is 3.52. The summed E-state index contributed by atoms with van der Waals surface area (Å²) in [5.74, 6) is -0.919. The number of imide groups is 1. The van der Waals surface area contributed by atoms with Crippen molar-refractivity contribution in [3.05, 3.63) is 75.5 Å². The first-order valence-electron chi connectivity index (χ1n) is 9.58. The van der Waals surface area contributed by atoms with Gasteiger partial charge in [-0.25, -0.2) is 0 Å². The van der Waals surface area contributed by atoms with Gasteiger partial charge in [-0.2, -0.15) is 0 Å². The standard InChI is InChI=1S/C22H23N3O5/c1-14(2)30-13-12-24-21(26)19(16-6-10-18(11-7-16)25(28)29)20(22(24)27)23-17-8-4-15(3)5-9-17/h4-11,14,23H,12-13H2,1-3H3. The molecule has 0 fully saturated rings. The van der Waals surface area contributed by atoms with Crippen molar-refractivity contribution in [3.8, 4) is 0 Å². The Bertz CT molecular complexity index is 994. The molecule has 0 aliphatic carbocycles. The van der Waals surface area contributed by atoms with Crippen LogP contribution in [0, 0.1) is 17.0 Å². The van der Waals surface area contributed by atoms with Crippen molar-refractivity contribution in [2.75, 3.05) is 18.5 Å². The van der Waals surface area contributed by atoms with Crippen LogP contribution in [0.2, 0.25) is 0 Å². The Kier molecular flexibility index (Phi) is 6.27. The third-order valence-electron chi connectivity index (χ3n) is 4.62. The topological polar surface area (TPSA) is 102 Å². The van der Waals surface area contributed by atoms with Crippen LogP contribution in [0.3, 0.4) is 0 Å². The van der Waals surface area contributed by atoms with Gasteiger partial charge in [0.15, 0.2) is 0 Å². The summed E-state index contributed by atoms with van der Waals surface area (Å²) in [7, 11) is 0. The fraction of sp³-hybridized carbons (Fsp3) is 0.273. The normalized spacial score (nSPS) is 14.1. The van der Waals surface area contributed by atoms with Gasteiger partial charge < -0.3 is 10.1 Å². The SMILES string of the molecule is Cc1ccc(NC2=C(c3ccc([N+](=O)[O-])cc3)C(=O)N(CCOC(C)C)C2=O)cc1. The molecule has 30 heavy (non-hydrogen) atoms. The molecule has 8 nitrogen and oxygen atoms in total. The van der Waals surface area contributed by atoms with E-state index in [2.05, 4.69) is 5.32 Å². The van der Waals surface area contributed by atoms with E-state index in [0.717, 1.165) is 10.5 Å².